The lowest BCUT2D eigenvalue weighted by atomic mass is 9.77. The highest BCUT2D eigenvalue weighted by Gasteiger charge is 2.29. The Hall–Kier alpha value is -2.81. The molecule has 0 saturated heterocycles. The number of methoxy groups -OCH3 is 1. The number of carbonyl (C=O) groups is 2. The fourth-order valence-electron chi connectivity index (χ4n) is 4.13. The molecule has 1 aromatic rings. The molecule has 1 aliphatic carbocycles. The Morgan fingerprint density at radius 3 is 2.48 bits per heavy atom. The number of carbonyl (C=O) groups excluding carboxylic acids is 1. The number of nitrogens with zero attached hydrogens (tertiary/aromatic N) is 2. The summed E-state index contributed by atoms with van der Waals surface area (Å²) >= 11 is 0. The van der Waals surface area contributed by atoms with Gasteiger partial charge in [-0.1, -0.05) is 12.1 Å². The Labute approximate surface area is 159 Å². The average Bonchev–Trinajstić information content (AvgIpc) is 2.68. The number of hydrogen-bond donors (Lipinski definition) is 1. The lowest BCUT2D eigenvalue weighted by molar-refractivity contribution is -0.138. The minimum atomic E-state index is -0.712. The van der Waals surface area contributed by atoms with Gasteiger partial charge in [-0.25, -0.2) is 0 Å². The summed E-state index contributed by atoms with van der Waals surface area (Å²) in [6, 6.07) is 9.92. The van der Waals surface area contributed by atoms with Crippen molar-refractivity contribution < 1.29 is 19.4 Å². The zero-order valence-electron chi connectivity index (χ0n) is 15.5. The SMILES string of the molecule is COC1=C(C#N)C(=O)N(c2ccc(C3CCC(CC(=O)O)CC3)cc2)CC1. The molecule has 0 radical (unpaired) electrons. The summed E-state index contributed by atoms with van der Waals surface area (Å²) in [6.45, 7) is 0.493. The van der Waals surface area contributed by atoms with Crippen LogP contribution in [-0.4, -0.2) is 30.6 Å². The molecule has 6 nitrogen and oxygen atoms in total. The summed E-state index contributed by atoms with van der Waals surface area (Å²) in [5.41, 5.74) is 2.08. The van der Waals surface area contributed by atoms with Gasteiger partial charge in [0.25, 0.3) is 5.91 Å². The molecule has 1 amide bonds. The van der Waals surface area contributed by atoms with Crippen LogP contribution in [0.4, 0.5) is 5.69 Å². The molecule has 1 N–H and O–H groups in total. The quantitative estimate of drug-likeness (QED) is 0.857. The molecule has 0 aromatic heterocycles. The van der Waals surface area contributed by atoms with E-state index in [4.69, 9.17) is 9.84 Å². The second-order valence-corrected chi connectivity index (χ2v) is 7.23. The van der Waals surface area contributed by atoms with Crippen molar-refractivity contribution in [1.82, 2.24) is 0 Å². The molecule has 2 aliphatic rings. The van der Waals surface area contributed by atoms with Crippen LogP contribution < -0.4 is 4.90 Å². The first kappa shape index (κ1) is 19.0. The highest BCUT2D eigenvalue weighted by molar-refractivity contribution is 6.09. The van der Waals surface area contributed by atoms with Gasteiger partial charge in [-0.05, 0) is 55.2 Å². The summed E-state index contributed by atoms with van der Waals surface area (Å²) in [6.07, 6.45) is 4.68. The van der Waals surface area contributed by atoms with E-state index in [2.05, 4.69) is 0 Å². The molecule has 0 unspecified atom stereocenters. The van der Waals surface area contributed by atoms with Crippen molar-refractivity contribution in [1.29, 1.82) is 5.26 Å². The zero-order valence-corrected chi connectivity index (χ0v) is 15.5. The van der Waals surface area contributed by atoms with E-state index in [1.54, 1.807) is 4.90 Å². The number of carboxylic acids is 1. The van der Waals surface area contributed by atoms with E-state index in [-0.39, 0.29) is 23.8 Å². The number of nitriles is 1. The van der Waals surface area contributed by atoms with Crippen molar-refractivity contribution in [3.05, 3.63) is 41.2 Å². The van der Waals surface area contributed by atoms with E-state index >= 15 is 0 Å². The van der Waals surface area contributed by atoms with E-state index in [1.165, 1.54) is 12.7 Å². The average molecular weight is 368 g/mol. The smallest absolute Gasteiger partial charge is 0.303 e. The number of benzene rings is 1. The van der Waals surface area contributed by atoms with Crippen LogP contribution in [0, 0.1) is 17.2 Å². The molecule has 1 aromatic carbocycles. The number of carboxylic acid groups (broad SMARTS) is 1. The Morgan fingerprint density at radius 2 is 1.93 bits per heavy atom. The maximum atomic E-state index is 12.6. The van der Waals surface area contributed by atoms with Crippen molar-refractivity contribution in [2.75, 3.05) is 18.6 Å². The Kier molecular flexibility index (Phi) is 5.80. The monoisotopic (exact) mass is 368 g/mol. The van der Waals surface area contributed by atoms with Gasteiger partial charge in [0.05, 0.1) is 7.11 Å². The normalized spacial score (nSPS) is 23.1. The van der Waals surface area contributed by atoms with Gasteiger partial charge in [0.1, 0.15) is 11.8 Å². The van der Waals surface area contributed by atoms with Gasteiger partial charge in [-0.3, -0.25) is 9.59 Å². The van der Waals surface area contributed by atoms with Crippen molar-refractivity contribution in [3.8, 4) is 6.07 Å². The Bertz CT molecular complexity index is 783. The molecule has 1 heterocycles. The molecular formula is C21H24N2O4. The number of rotatable bonds is 5. The first-order valence-electron chi connectivity index (χ1n) is 9.34. The van der Waals surface area contributed by atoms with E-state index in [0.29, 0.717) is 24.6 Å². The van der Waals surface area contributed by atoms with Gasteiger partial charge >= 0.3 is 5.97 Å². The highest BCUT2D eigenvalue weighted by Crippen LogP contribution is 2.37. The summed E-state index contributed by atoms with van der Waals surface area (Å²) < 4.78 is 5.15. The van der Waals surface area contributed by atoms with Crippen LogP contribution >= 0.6 is 0 Å². The second kappa shape index (κ2) is 8.26. The summed E-state index contributed by atoms with van der Waals surface area (Å²) in [5.74, 6) is 0.151. The van der Waals surface area contributed by atoms with Crippen molar-refractivity contribution in [3.63, 3.8) is 0 Å². The van der Waals surface area contributed by atoms with E-state index < -0.39 is 5.97 Å². The fourth-order valence-corrected chi connectivity index (χ4v) is 4.13. The van der Waals surface area contributed by atoms with Crippen LogP contribution in [0.2, 0.25) is 0 Å². The van der Waals surface area contributed by atoms with Crippen LogP contribution in [-0.2, 0) is 14.3 Å². The van der Waals surface area contributed by atoms with Crippen molar-refractivity contribution in [2.24, 2.45) is 5.92 Å². The lowest BCUT2D eigenvalue weighted by Crippen LogP contribution is -2.37. The van der Waals surface area contributed by atoms with Crippen LogP contribution in [0.3, 0.4) is 0 Å². The Morgan fingerprint density at radius 1 is 1.26 bits per heavy atom. The number of hydrogen-bond acceptors (Lipinski definition) is 4. The number of ether oxygens (including phenoxy) is 1. The molecule has 27 heavy (non-hydrogen) atoms. The van der Waals surface area contributed by atoms with Crippen LogP contribution in [0.1, 0.15) is 50.0 Å². The second-order valence-electron chi connectivity index (χ2n) is 7.23. The van der Waals surface area contributed by atoms with Gasteiger partial charge in [-0.15, -0.1) is 0 Å². The van der Waals surface area contributed by atoms with Gasteiger partial charge in [0, 0.05) is 25.1 Å². The molecular weight excluding hydrogens is 344 g/mol. The number of amides is 1. The molecule has 1 saturated carbocycles. The maximum absolute atomic E-state index is 12.6. The predicted molar refractivity (Wildman–Crippen MR) is 100 cm³/mol. The predicted octanol–water partition coefficient (Wildman–Crippen LogP) is 3.60. The van der Waals surface area contributed by atoms with E-state index in [9.17, 15) is 14.9 Å². The number of aliphatic carboxylic acids is 1. The van der Waals surface area contributed by atoms with Gasteiger partial charge in [0.2, 0.25) is 0 Å². The van der Waals surface area contributed by atoms with Crippen molar-refractivity contribution >= 4 is 17.6 Å². The van der Waals surface area contributed by atoms with Crippen LogP contribution in [0.25, 0.3) is 0 Å². The summed E-state index contributed by atoms with van der Waals surface area (Å²) in [5, 5.41) is 18.2. The minimum absolute atomic E-state index is 0.0737. The van der Waals surface area contributed by atoms with Gasteiger partial charge < -0.3 is 14.7 Å². The molecule has 142 valence electrons. The minimum Gasteiger partial charge on any atom is -0.499 e. The molecule has 1 aliphatic heterocycles. The molecule has 0 bridgehead atoms. The maximum Gasteiger partial charge on any atom is 0.303 e. The molecule has 6 heteroatoms. The highest BCUT2D eigenvalue weighted by atomic mass is 16.5. The molecule has 0 atom stereocenters. The van der Waals surface area contributed by atoms with Crippen LogP contribution in [0.15, 0.2) is 35.6 Å². The van der Waals surface area contributed by atoms with E-state index in [1.807, 2.05) is 30.3 Å². The third kappa shape index (κ3) is 4.13. The Balaban J connectivity index is 1.67. The lowest BCUT2D eigenvalue weighted by Gasteiger charge is -2.29. The van der Waals surface area contributed by atoms with Crippen molar-refractivity contribution in [2.45, 2.75) is 44.4 Å². The zero-order chi connectivity index (χ0) is 19.4. The summed E-state index contributed by atoms with van der Waals surface area (Å²) in [4.78, 5) is 25.0. The van der Waals surface area contributed by atoms with E-state index in [0.717, 1.165) is 31.4 Å². The third-order valence-corrected chi connectivity index (χ3v) is 5.64. The largest absolute Gasteiger partial charge is 0.499 e. The van der Waals surface area contributed by atoms with Gasteiger partial charge in [0.15, 0.2) is 5.57 Å². The molecule has 1 fully saturated rings. The first-order chi connectivity index (χ1) is 13.0. The topological polar surface area (TPSA) is 90.6 Å². The standard InChI is InChI=1S/C21H24N2O4/c1-27-19-10-11-23(21(26)18(19)13-22)17-8-6-16(7-9-17)15-4-2-14(3-5-15)12-20(24)25/h6-9,14-15H,2-5,10-12H2,1H3,(H,24,25). The summed E-state index contributed by atoms with van der Waals surface area (Å²) in [7, 11) is 1.48. The molecule has 3 rings (SSSR count). The first-order valence-corrected chi connectivity index (χ1v) is 9.34. The fraction of sp³-hybridized carbons (Fsp3) is 0.476. The molecule has 0 spiro atoms. The third-order valence-electron chi connectivity index (χ3n) is 5.64. The number of anilines is 1. The van der Waals surface area contributed by atoms with Gasteiger partial charge in [-0.2, -0.15) is 5.26 Å². The van der Waals surface area contributed by atoms with Crippen LogP contribution in [0.5, 0.6) is 0 Å².